The molecule has 34 heavy (non-hydrogen) atoms. The van der Waals surface area contributed by atoms with Gasteiger partial charge in [-0.2, -0.15) is 15.1 Å². The van der Waals surface area contributed by atoms with Gasteiger partial charge in [-0.05, 0) is 43.0 Å². The van der Waals surface area contributed by atoms with E-state index in [0.29, 0.717) is 18.3 Å². The standard InChI is InChI=1S/C26H25N5O2S/c1-16(2)25-29-31-23(27)21(24(32)28-26(31)34-25)14-18-15-30(22-7-5-4-6-20(18)22)12-13-33-19-10-8-17(3)9-11-19/h4-11,14-16,27H,12-13H2,1-3H3. The summed E-state index contributed by atoms with van der Waals surface area (Å²) in [6, 6.07) is 16.0. The van der Waals surface area contributed by atoms with E-state index in [1.54, 1.807) is 6.08 Å². The van der Waals surface area contributed by atoms with Gasteiger partial charge >= 0.3 is 0 Å². The fraction of sp³-hybridized carbons (Fsp3) is 0.231. The summed E-state index contributed by atoms with van der Waals surface area (Å²) in [6.45, 7) is 7.27. The molecule has 0 aliphatic carbocycles. The highest BCUT2D eigenvalue weighted by molar-refractivity contribution is 8.27. The number of carbonyl (C=O) groups is 1. The summed E-state index contributed by atoms with van der Waals surface area (Å²) in [7, 11) is 0. The van der Waals surface area contributed by atoms with Crippen LogP contribution in [0, 0.1) is 18.3 Å². The number of benzene rings is 2. The van der Waals surface area contributed by atoms with Gasteiger partial charge in [0.15, 0.2) is 5.84 Å². The van der Waals surface area contributed by atoms with Crippen molar-refractivity contribution in [2.24, 2.45) is 16.0 Å². The molecule has 0 radical (unpaired) electrons. The van der Waals surface area contributed by atoms with E-state index in [2.05, 4.69) is 14.7 Å². The maximum Gasteiger partial charge on any atom is 0.283 e. The predicted molar refractivity (Wildman–Crippen MR) is 138 cm³/mol. The number of carbonyl (C=O) groups excluding carboxylic acids is 1. The molecule has 0 saturated carbocycles. The van der Waals surface area contributed by atoms with Crippen molar-refractivity contribution < 1.29 is 9.53 Å². The first-order valence-corrected chi connectivity index (χ1v) is 12.0. The lowest BCUT2D eigenvalue weighted by atomic mass is 10.1. The number of hydrazone groups is 1. The zero-order chi connectivity index (χ0) is 23.8. The number of nitrogens with one attached hydrogen (secondary N) is 1. The molecule has 3 aromatic rings. The maximum absolute atomic E-state index is 12.8. The van der Waals surface area contributed by atoms with E-state index in [4.69, 9.17) is 10.1 Å². The second-order valence-corrected chi connectivity index (χ2v) is 9.56. The van der Waals surface area contributed by atoms with E-state index in [1.807, 2.05) is 75.5 Å². The van der Waals surface area contributed by atoms with Crippen molar-refractivity contribution in [1.82, 2.24) is 9.58 Å². The Kier molecular flexibility index (Phi) is 5.83. The number of amidine groups is 2. The molecule has 7 nitrogen and oxygen atoms in total. The number of thioether (sulfide) groups is 1. The Balaban J connectivity index is 1.42. The first kappa shape index (κ1) is 22.2. The van der Waals surface area contributed by atoms with Gasteiger partial charge in [0.05, 0.1) is 12.1 Å². The van der Waals surface area contributed by atoms with Gasteiger partial charge in [0.1, 0.15) is 17.4 Å². The van der Waals surface area contributed by atoms with Gasteiger partial charge in [-0.1, -0.05) is 49.7 Å². The normalized spacial score (nSPS) is 16.9. The van der Waals surface area contributed by atoms with E-state index in [1.165, 1.54) is 22.3 Å². The molecule has 2 aromatic carbocycles. The summed E-state index contributed by atoms with van der Waals surface area (Å²) in [5.74, 6) is 0.680. The molecule has 1 amide bonds. The molecule has 1 N–H and O–H groups in total. The van der Waals surface area contributed by atoms with Crippen LogP contribution in [0.3, 0.4) is 0 Å². The number of rotatable bonds is 6. The number of amides is 1. The average molecular weight is 472 g/mol. The smallest absolute Gasteiger partial charge is 0.283 e. The number of aliphatic imine (C=N–C) groups is 1. The first-order chi connectivity index (χ1) is 16.4. The zero-order valence-electron chi connectivity index (χ0n) is 19.3. The lowest BCUT2D eigenvalue weighted by Crippen LogP contribution is -2.35. The molecule has 1 aromatic heterocycles. The molecule has 3 heterocycles. The SMILES string of the molecule is Cc1ccc(OCCn2cc(C=C3C(=N)N4N=C(C(C)C)SC4=NC3=O)c3ccccc32)cc1. The lowest BCUT2D eigenvalue weighted by Gasteiger charge is -2.20. The highest BCUT2D eigenvalue weighted by Crippen LogP contribution is 2.32. The van der Waals surface area contributed by atoms with Gasteiger partial charge in [-0.15, -0.1) is 0 Å². The quantitative estimate of drug-likeness (QED) is 0.494. The van der Waals surface area contributed by atoms with Crippen molar-refractivity contribution in [3.8, 4) is 5.75 Å². The first-order valence-electron chi connectivity index (χ1n) is 11.2. The number of nitrogens with zero attached hydrogens (tertiary/aromatic N) is 4. The minimum absolute atomic E-state index is 0.0534. The van der Waals surface area contributed by atoms with Crippen molar-refractivity contribution in [3.63, 3.8) is 0 Å². The molecule has 0 spiro atoms. The molecule has 172 valence electrons. The van der Waals surface area contributed by atoms with Crippen LogP contribution in [0.4, 0.5) is 0 Å². The number of ether oxygens (including phenoxy) is 1. The van der Waals surface area contributed by atoms with Crippen LogP contribution in [-0.4, -0.2) is 38.1 Å². The number of para-hydroxylation sites is 1. The molecule has 0 bridgehead atoms. The fourth-order valence-corrected chi connectivity index (χ4v) is 4.76. The van der Waals surface area contributed by atoms with Crippen molar-refractivity contribution in [1.29, 1.82) is 5.41 Å². The second kappa shape index (κ2) is 8.95. The third-order valence-corrected chi connectivity index (χ3v) is 6.91. The summed E-state index contributed by atoms with van der Waals surface area (Å²) in [6.07, 6.45) is 3.75. The Morgan fingerprint density at radius 1 is 1.15 bits per heavy atom. The average Bonchev–Trinajstić information content (AvgIpc) is 3.40. The van der Waals surface area contributed by atoms with Gasteiger partial charge in [0, 0.05) is 28.6 Å². The van der Waals surface area contributed by atoms with Gasteiger partial charge in [0.25, 0.3) is 5.91 Å². The Hall–Kier alpha value is -3.65. The van der Waals surface area contributed by atoms with E-state index in [0.717, 1.165) is 27.3 Å². The van der Waals surface area contributed by atoms with Gasteiger partial charge in [0.2, 0.25) is 5.17 Å². The fourth-order valence-electron chi connectivity index (χ4n) is 3.87. The topological polar surface area (TPSA) is 83.0 Å². The molecule has 5 rings (SSSR count). The maximum atomic E-state index is 12.8. The Morgan fingerprint density at radius 2 is 1.91 bits per heavy atom. The minimum Gasteiger partial charge on any atom is -0.492 e. The van der Waals surface area contributed by atoms with Gasteiger partial charge in [-0.25, -0.2) is 0 Å². The molecule has 0 saturated heterocycles. The number of fused-ring (bicyclic) bond motifs is 2. The molecule has 2 aliphatic heterocycles. The number of aromatic nitrogens is 1. The summed E-state index contributed by atoms with van der Waals surface area (Å²) < 4.78 is 8.03. The molecular formula is C26H25N5O2S. The van der Waals surface area contributed by atoms with Crippen LogP contribution < -0.4 is 4.74 Å². The van der Waals surface area contributed by atoms with Crippen LogP contribution in [0.2, 0.25) is 0 Å². The number of aryl methyl sites for hydroxylation is 1. The highest BCUT2D eigenvalue weighted by Gasteiger charge is 2.36. The third-order valence-electron chi connectivity index (χ3n) is 5.71. The van der Waals surface area contributed by atoms with Crippen LogP contribution in [0.5, 0.6) is 5.75 Å². The second-order valence-electron chi connectivity index (χ2n) is 8.57. The molecule has 2 aliphatic rings. The Labute approximate surface area is 202 Å². The summed E-state index contributed by atoms with van der Waals surface area (Å²) in [5, 5.41) is 16.9. The summed E-state index contributed by atoms with van der Waals surface area (Å²) >= 11 is 1.35. The number of hydrogen-bond donors (Lipinski definition) is 1. The Bertz CT molecular complexity index is 1380. The number of hydrogen-bond acceptors (Lipinski definition) is 5. The Morgan fingerprint density at radius 3 is 2.68 bits per heavy atom. The van der Waals surface area contributed by atoms with Crippen molar-refractivity contribution in [3.05, 3.63) is 71.4 Å². The van der Waals surface area contributed by atoms with E-state index in [9.17, 15) is 4.79 Å². The van der Waals surface area contributed by atoms with Gasteiger partial charge < -0.3 is 9.30 Å². The van der Waals surface area contributed by atoms with Crippen LogP contribution in [0.1, 0.15) is 25.0 Å². The van der Waals surface area contributed by atoms with Crippen molar-refractivity contribution >= 4 is 50.7 Å². The van der Waals surface area contributed by atoms with Crippen molar-refractivity contribution in [2.45, 2.75) is 27.3 Å². The molecular weight excluding hydrogens is 446 g/mol. The van der Waals surface area contributed by atoms with Crippen molar-refractivity contribution in [2.75, 3.05) is 6.61 Å². The van der Waals surface area contributed by atoms with E-state index < -0.39 is 5.91 Å². The molecule has 0 atom stereocenters. The summed E-state index contributed by atoms with van der Waals surface area (Å²) in [5.41, 5.74) is 3.33. The van der Waals surface area contributed by atoms with E-state index >= 15 is 0 Å². The van der Waals surface area contributed by atoms with Crippen LogP contribution >= 0.6 is 11.8 Å². The predicted octanol–water partition coefficient (Wildman–Crippen LogP) is 5.30. The van der Waals surface area contributed by atoms with Crippen LogP contribution in [0.15, 0.2) is 70.4 Å². The highest BCUT2D eigenvalue weighted by atomic mass is 32.2. The van der Waals surface area contributed by atoms with Crippen LogP contribution in [-0.2, 0) is 11.3 Å². The van der Waals surface area contributed by atoms with E-state index in [-0.39, 0.29) is 17.3 Å². The molecule has 0 fully saturated rings. The molecule has 8 heteroatoms. The lowest BCUT2D eigenvalue weighted by molar-refractivity contribution is -0.114. The summed E-state index contributed by atoms with van der Waals surface area (Å²) in [4.78, 5) is 17.0. The van der Waals surface area contributed by atoms with Crippen LogP contribution in [0.25, 0.3) is 17.0 Å². The monoisotopic (exact) mass is 471 g/mol. The van der Waals surface area contributed by atoms with Gasteiger partial charge in [-0.3, -0.25) is 10.2 Å². The third kappa shape index (κ3) is 4.17. The minimum atomic E-state index is -0.413. The zero-order valence-corrected chi connectivity index (χ0v) is 20.1. The largest absolute Gasteiger partial charge is 0.492 e. The molecule has 0 unspecified atom stereocenters.